The molecule has 0 aliphatic rings. The Balaban J connectivity index is 1.94. The summed E-state index contributed by atoms with van der Waals surface area (Å²) in [5.41, 5.74) is 2.83. The van der Waals surface area contributed by atoms with Crippen LogP contribution in [0.1, 0.15) is 55.6 Å². The summed E-state index contributed by atoms with van der Waals surface area (Å²) >= 11 is 0. The largest absolute Gasteiger partial charge is 0.396 e. The molecule has 2 aromatic rings. The molecule has 0 spiro atoms. The second-order valence-corrected chi connectivity index (χ2v) is 5.65. The predicted octanol–water partition coefficient (Wildman–Crippen LogP) is 5.15. The Kier molecular flexibility index (Phi) is 7.03. The van der Waals surface area contributed by atoms with E-state index in [-0.39, 0.29) is 0 Å². The first-order valence-electron chi connectivity index (χ1n) is 8.12. The van der Waals surface area contributed by atoms with Crippen LogP contribution in [0.3, 0.4) is 0 Å². The molecule has 0 unspecified atom stereocenters. The van der Waals surface area contributed by atoms with Gasteiger partial charge in [-0.1, -0.05) is 86.3 Å². The molecule has 0 aliphatic heterocycles. The second kappa shape index (κ2) is 9.36. The summed E-state index contributed by atoms with van der Waals surface area (Å²) in [6, 6.07) is 21.7. The van der Waals surface area contributed by atoms with Gasteiger partial charge in [-0.25, -0.2) is 0 Å². The van der Waals surface area contributed by atoms with Gasteiger partial charge in [0.2, 0.25) is 0 Å². The number of benzene rings is 2. The summed E-state index contributed by atoms with van der Waals surface area (Å²) < 4.78 is 0. The lowest BCUT2D eigenvalue weighted by molar-refractivity contribution is 0.282. The monoisotopic (exact) mass is 282 g/mol. The van der Waals surface area contributed by atoms with Gasteiger partial charge in [-0.3, -0.25) is 0 Å². The first-order valence-corrected chi connectivity index (χ1v) is 8.12. The Morgan fingerprint density at radius 2 is 1.10 bits per heavy atom. The minimum atomic E-state index is 0.330. The number of aliphatic hydroxyl groups excluding tert-OH is 1. The first-order chi connectivity index (χ1) is 10.4. The minimum Gasteiger partial charge on any atom is -0.396 e. The summed E-state index contributed by atoms with van der Waals surface area (Å²) in [7, 11) is 0. The van der Waals surface area contributed by atoms with Gasteiger partial charge in [0.15, 0.2) is 0 Å². The quantitative estimate of drug-likeness (QED) is 0.630. The molecule has 0 atom stereocenters. The van der Waals surface area contributed by atoms with Gasteiger partial charge in [0.05, 0.1) is 0 Å². The summed E-state index contributed by atoms with van der Waals surface area (Å²) in [6.45, 7) is 0.330. The lowest BCUT2D eigenvalue weighted by atomic mass is 9.87. The molecular weight excluding hydrogens is 256 g/mol. The highest BCUT2D eigenvalue weighted by molar-refractivity contribution is 5.32. The SMILES string of the molecule is OCCCCCCCC(c1ccccc1)c1ccccc1. The molecule has 1 N–H and O–H groups in total. The summed E-state index contributed by atoms with van der Waals surface area (Å²) in [6.07, 6.45) is 7.04. The van der Waals surface area contributed by atoms with Gasteiger partial charge >= 0.3 is 0 Å². The normalized spacial score (nSPS) is 11.0. The van der Waals surface area contributed by atoms with Gasteiger partial charge in [-0.15, -0.1) is 0 Å². The van der Waals surface area contributed by atoms with Crippen molar-refractivity contribution >= 4 is 0 Å². The molecule has 0 fully saturated rings. The third-order valence-electron chi connectivity index (χ3n) is 4.05. The molecule has 1 nitrogen and oxygen atoms in total. The van der Waals surface area contributed by atoms with Crippen LogP contribution < -0.4 is 0 Å². The van der Waals surface area contributed by atoms with Crippen molar-refractivity contribution in [1.29, 1.82) is 0 Å². The smallest absolute Gasteiger partial charge is 0.0431 e. The number of rotatable bonds is 9. The van der Waals surface area contributed by atoms with E-state index < -0.39 is 0 Å². The van der Waals surface area contributed by atoms with Crippen molar-refractivity contribution in [3.05, 3.63) is 71.8 Å². The average molecular weight is 282 g/mol. The first kappa shape index (κ1) is 15.8. The van der Waals surface area contributed by atoms with E-state index in [1.165, 1.54) is 36.8 Å². The van der Waals surface area contributed by atoms with Crippen LogP contribution in [0, 0.1) is 0 Å². The van der Waals surface area contributed by atoms with Crippen molar-refractivity contribution < 1.29 is 5.11 Å². The van der Waals surface area contributed by atoms with Crippen LogP contribution >= 0.6 is 0 Å². The van der Waals surface area contributed by atoms with Gasteiger partial charge in [0.1, 0.15) is 0 Å². The summed E-state index contributed by atoms with van der Waals surface area (Å²) in [5.74, 6) is 0.505. The molecule has 1 heteroatoms. The van der Waals surface area contributed by atoms with Crippen molar-refractivity contribution in [2.75, 3.05) is 6.61 Å². The number of hydrogen-bond donors (Lipinski definition) is 1. The topological polar surface area (TPSA) is 20.2 Å². The zero-order valence-corrected chi connectivity index (χ0v) is 12.7. The zero-order chi connectivity index (χ0) is 14.8. The minimum absolute atomic E-state index is 0.330. The van der Waals surface area contributed by atoms with E-state index in [9.17, 15) is 0 Å². The lowest BCUT2D eigenvalue weighted by Gasteiger charge is -2.18. The predicted molar refractivity (Wildman–Crippen MR) is 89.5 cm³/mol. The molecule has 0 saturated heterocycles. The van der Waals surface area contributed by atoms with Crippen molar-refractivity contribution in [3.63, 3.8) is 0 Å². The molecule has 0 aromatic heterocycles. The molecule has 0 heterocycles. The van der Waals surface area contributed by atoms with Crippen LogP contribution in [0.25, 0.3) is 0 Å². The Bertz CT molecular complexity index is 438. The standard InChI is InChI=1S/C20H26O/c21-17-11-3-1-2-10-16-20(18-12-6-4-7-13-18)19-14-8-5-9-15-19/h4-9,12-15,20-21H,1-3,10-11,16-17H2. The van der Waals surface area contributed by atoms with E-state index in [0.717, 1.165) is 12.8 Å². The molecule has 2 aromatic carbocycles. The Hall–Kier alpha value is -1.60. The van der Waals surface area contributed by atoms with E-state index in [4.69, 9.17) is 5.11 Å². The fourth-order valence-electron chi connectivity index (χ4n) is 2.89. The Labute approximate surface area is 128 Å². The third kappa shape index (κ3) is 5.35. The van der Waals surface area contributed by atoms with Crippen LogP contribution in [0.5, 0.6) is 0 Å². The van der Waals surface area contributed by atoms with Crippen LogP contribution in [-0.2, 0) is 0 Å². The Morgan fingerprint density at radius 1 is 0.619 bits per heavy atom. The highest BCUT2D eigenvalue weighted by Crippen LogP contribution is 2.29. The fraction of sp³-hybridized carbons (Fsp3) is 0.400. The number of aliphatic hydroxyl groups is 1. The molecule has 2 rings (SSSR count). The number of hydrogen-bond acceptors (Lipinski definition) is 1. The van der Waals surface area contributed by atoms with E-state index in [0.29, 0.717) is 12.5 Å². The van der Waals surface area contributed by atoms with Gasteiger partial charge in [-0.05, 0) is 24.0 Å². The third-order valence-corrected chi connectivity index (χ3v) is 4.05. The summed E-state index contributed by atoms with van der Waals surface area (Å²) in [4.78, 5) is 0. The fourth-order valence-corrected chi connectivity index (χ4v) is 2.89. The molecule has 0 bridgehead atoms. The highest BCUT2D eigenvalue weighted by atomic mass is 16.2. The molecule has 0 aliphatic carbocycles. The van der Waals surface area contributed by atoms with Crippen LogP contribution in [-0.4, -0.2) is 11.7 Å². The maximum atomic E-state index is 8.81. The van der Waals surface area contributed by atoms with Gasteiger partial charge in [0.25, 0.3) is 0 Å². The van der Waals surface area contributed by atoms with E-state index in [1.807, 2.05) is 0 Å². The highest BCUT2D eigenvalue weighted by Gasteiger charge is 2.12. The maximum absolute atomic E-state index is 8.81. The Morgan fingerprint density at radius 3 is 1.62 bits per heavy atom. The van der Waals surface area contributed by atoms with Crippen LogP contribution in [0.4, 0.5) is 0 Å². The van der Waals surface area contributed by atoms with Crippen molar-refractivity contribution in [2.45, 2.75) is 44.4 Å². The van der Waals surface area contributed by atoms with Gasteiger partial charge in [-0.2, -0.15) is 0 Å². The zero-order valence-electron chi connectivity index (χ0n) is 12.7. The van der Waals surface area contributed by atoms with E-state index in [1.54, 1.807) is 0 Å². The van der Waals surface area contributed by atoms with E-state index in [2.05, 4.69) is 60.7 Å². The van der Waals surface area contributed by atoms with Crippen LogP contribution in [0.2, 0.25) is 0 Å². The van der Waals surface area contributed by atoms with E-state index >= 15 is 0 Å². The second-order valence-electron chi connectivity index (χ2n) is 5.65. The number of unbranched alkanes of at least 4 members (excludes halogenated alkanes) is 4. The van der Waals surface area contributed by atoms with Crippen LogP contribution in [0.15, 0.2) is 60.7 Å². The lowest BCUT2D eigenvalue weighted by Crippen LogP contribution is -2.01. The molecule has 0 saturated carbocycles. The summed E-state index contributed by atoms with van der Waals surface area (Å²) in [5, 5.41) is 8.81. The molecule has 0 amide bonds. The average Bonchev–Trinajstić information content (AvgIpc) is 2.56. The van der Waals surface area contributed by atoms with Crippen molar-refractivity contribution in [1.82, 2.24) is 0 Å². The molecule has 0 radical (unpaired) electrons. The van der Waals surface area contributed by atoms with Crippen molar-refractivity contribution in [3.8, 4) is 0 Å². The molecule has 21 heavy (non-hydrogen) atoms. The molecular formula is C20H26O. The van der Waals surface area contributed by atoms with Gasteiger partial charge in [0, 0.05) is 12.5 Å². The molecule has 112 valence electrons. The van der Waals surface area contributed by atoms with Gasteiger partial charge < -0.3 is 5.11 Å². The maximum Gasteiger partial charge on any atom is 0.0431 e. The van der Waals surface area contributed by atoms with Crippen molar-refractivity contribution in [2.24, 2.45) is 0 Å².